The highest BCUT2D eigenvalue weighted by molar-refractivity contribution is 7.89. The summed E-state index contributed by atoms with van der Waals surface area (Å²) in [7, 11) is -2.03. The zero-order valence-corrected chi connectivity index (χ0v) is 14.3. The second-order valence-corrected chi connectivity index (χ2v) is 7.32. The third kappa shape index (κ3) is 5.03. The molecule has 0 radical (unpaired) electrons. The van der Waals surface area contributed by atoms with Crippen LogP contribution in [0.3, 0.4) is 0 Å². The monoisotopic (exact) mass is 330 g/mol. The first-order chi connectivity index (χ1) is 9.78. The summed E-state index contributed by atoms with van der Waals surface area (Å²) >= 11 is 4.83. The van der Waals surface area contributed by atoms with E-state index in [2.05, 4.69) is 0 Å². The Morgan fingerprint density at radius 3 is 2.48 bits per heavy atom. The van der Waals surface area contributed by atoms with Gasteiger partial charge in [-0.1, -0.05) is 18.3 Å². The molecule has 0 spiro atoms. The van der Waals surface area contributed by atoms with Crippen molar-refractivity contribution in [3.63, 3.8) is 0 Å². The van der Waals surface area contributed by atoms with Gasteiger partial charge in [-0.15, -0.1) is 0 Å². The van der Waals surface area contributed by atoms with Crippen molar-refractivity contribution in [1.82, 2.24) is 4.31 Å². The number of aryl methyl sites for hydroxylation is 2. The number of rotatable bonds is 8. The first kappa shape index (κ1) is 18.0. The second kappa shape index (κ2) is 7.84. The smallest absolute Gasteiger partial charge is 0.243 e. The minimum Gasteiger partial charge on any atom is -0.393 e. The summed E-state index contributed by atoms with van der Waals surface area (Å²) in [6.45, 7) is 4.69. The Balaban J connectivity index is 3.06. The van der Waals surface area contributed by atoms with Crippen LogP contribution in [-0.4, -0.2) is 44.5 Å². The van der Waals surface area contributed by atoms with Crippen LogP contribution in [0, 0.1) is 13.8 Å². The summed E-state index contributed by atoms with van der Waals surface area (Å²) in [5, 5.41) is 0. The van der Waals surface area contributed by atoms with E-state index in [1.807, 2.05) is 19.9 Å². The van der Waals surface area contributed by atoms with Crippen molar-refractivity contribution >= 4 is 27.2 Å². The van der Waals surface area contributed by atoms with Gasteiger partial charge in [0.1, 0.15) is 0 Å². The SMILES string of the molecule is COCCN(CCC(N)=S)S(=O)(=O)c1ccc(C)c(C)c1. The molecule has 5 nitrogen and oxygen atoms in total. The minimum absolute atomic E-state index is 0.258. The largest absolute Gasteiger partial charge is 0.393 e. The molecule has 21 heavy (non-hydrogen) atoms. The molecule has 0 aliphatic rings. The third-order valence-electron chi connectivity index (χ3n) is 3.27. The summed E-state index contributed by atoms with van der Waals surface area (Å²) in [6, 6.07) is 5.12. The van der Waals surface area contributed by atoms with Gasteiger partial charge in [0.2, 0.25) is 10.0 Å². The molecule has 0 aromatic heterocycles. The Morgan fingerprint density at radius 1 is 1.29 bits per heavy atom. The standard InChI is InChI=1S/C14H22N2O3S2/c1-11-4-5-13(10-12(11)2)21(17,18)16(8-9-19-3)7-6-14(15)20/h4-5,10H,6-9H2,1-3H3,(H2,15,20). The molecule has 0 atom stereocenters. The number of hydrogen-bond donors (Lipinski definition) is 1. The zero-order chi connectivity index (χ0) is 16.0. The van der Waals surface area contributed by atoms with Crippen molar-refractivity contribution in [2.24, 2.45) is 5.73 Å². The predicted molar refractivity (Wildman–Crippen MR) is 88.0 cm³/mol. The summed E-state index contributed by atoms with van der Waals surface area (Å²) in [4.78, 5) is 0.581. The summed E-state index contributed by atoms with van der Waals surface area (Å²) in [6.07, 6.45) is 0.350. The molecule has 1 aromatic carbocycles. The normalized spacial score (nSPS) is 11.8. The van der Waals surface area contributed by atoms with Gasteiger partial charge in [-0.2, -0.15) is 4.31 Å². The molecular weight excluding hydrogens is 308 g/mol. The third-order valence-corrected chi connectivity index (χ3v) is 5.37. The van der Waals surface area contributed by atoms with E-state index in [1.54, 1.807) is 12.1 Å². The van der Waals surface area contributed by atoms with Gasteiger partial charge in [0.05, 0.1) is 16.5 Å². The van der Waals surface area contributed by atoms with Crippen LogP contribution in [0.4, 0.5) is 0 Å². The Morgan fingerprint density at radius 2 is 1.95 bits per heavy atom. The molecule has 0 aliphatic carbocycles. The summed E-state index contributed by atoms with van der Waals surface area (Å²) < 4.78 is 31.7. The highest BCUT2D eigenvalue weighted by Gasteiger charge is 2.24. The second-order valence-electron chi connectivity index (χ2n) is 4.86. The average Bonchev–Trinajstić information content (AvgIpc) is 2.41. The topological polar surface area (TPSA) is 72.6 Å². The van der Waals surface area contributed by atoms with E-state index in [4.69, 9.17) is 22.7 Å². The van der Waals surface area contributed by atoms with Crippen LogP contribution in [-0.2, 0) is 14.8 Å². The first-order valence-corrected chi connectivity index (χ1v) is 8.48. The van der Waals surface area contributed by atoms with Crippen LogP contribution in [0.5, 0.6) is 0 Å². The van der Waals surface area contributed by atoms with Gasteiger partial charge in [-0.3, -0.25) is 0 Å². The molecule has 0 heterocycles. The number of benzene rings is 1. The number of hydrogen-bond acceptors (Lipinski definition) is 4. The molecule has 0 fully saturated rings. The predicted octanol–water partition coefficient (Wildman–Crippen LogP) is 1.62. The van der Waals surface area contributed by atoms with Crippen molar-refractivity contribution in [3.8, 4) is 0 Å². The van der Waals surface area contributed by atoms with Crippen LogP contribution in [0.2, 0.25) is 0 Å². The minimum atomic E-state index is -3.57. The molecule has 0 bridgehead atoms. The molecule has 0 saturated carbocycles. The van der Waals surface area contributed by atoms with Crippen LogP contribution in [0.15, 0.2) is 23.1 Å². The summed E-state index contributed by atoms with van der Waals surface area (Å²) in [5.41, 5.74) is 7.47. The number of nitrogens with two attached hydrogens (primary N) is 1. The van der Waals surface area contributed by atoms with Crippen molar-refractivity contribution in [1.29, 1.82) is 0 Å². The Kier molecular flexibility index (Phi) is 6.73. The Labute approximate surface area is 132 Å². The van der Waals surface area contributed by atoms with Crippen LogP contribution >= 0.6 is 12.2 Å². The number of ether oxygens (including phenoxy) is 1. The lowest BCUT2D eigenvalue weighted by atomic mass is 10.1. The van der Waals surface area contributed by atoms with Crippen LogP contribution < -0.4 is 5.73 Å². The molecule has 118 valence electrons. The number of nitrogens with zero attached hydrogens (tertiary/aromatic N) is 1. The average molecular weight is 330 g/mol. The quantitative estimate of drug-likeness (QED) is 0.733. The number of methoxy groups -OCH3 is 1. The van der Waals surface area contributed by atoms with Gasteiger partial charge in [-0.05, 0) is 37.1 Å². The number of thiocarbonyl (C=S) groups is 1. The highest BCUT2D eigenvalue weighted by atomic mass is 32.2. The Bertz CT molecular complexity index is 600. The fourth-order valence-corrected chi connectivity index (χ4v) is 3.41. The maximum Gasteiger partial charge on any atom is 0.243 e. The van der Waals surface area contributed by atoms with Gasteiger partial charge in [0.25, 0.3) is 0 Å². The molecule has 1 rings (SSSR count). The van der Waals surface area contributed by atoms with Gasteiger partial charge < -0.3 is 10.5 Å². The van der Waals surface area contributed by atoms with E-state index in [0.717, 1.165) is 11.1 Å². The lowest BCUT2D eigenvalue weighted by molar-refractivity contribution is 0.179. The van der Waals surface area contributed by atoms with Gasteiger partial charge in [-0.25, -0.2) is 8.42 Å². The fourth-order valence-electron chi connectivity index (χ4n) is 1.80. The van der Waals surface area contributed by atoms with E-state index >= 15 is 0 Å². The molecule has 0 aliphatic heterocycles. The lowest BCUT2D eigenvalue weighted by Crippen LogP contribution is -2.36. The zero-order valence-electron chi connectivity index (χ0n) is 12.6. The maximum atomic E-state index is 12.7. The molecule has 2 N–H and O–H groups in total. The lowest BCUT2D eigenvalue weighted by Gasteiger charge is -2.22. The molecule has 0 amide bonds. The maximum absolute atomic E-state index is 12.7. The van der Waals surface area contributed by atoms with Crippen molar-refractivity contribution < 1.29 is 13.2 Å². The van der Waals surface area contributed by atoms with E-state index in [1.165, 1.54) is 11.4 Å². The van der Waals surface area contributed by atoms with Crippen LogP contribution in [0.1, 0.15) is 17.5 Å². The molecule has 0 saturated heterocycles. The summed E-state index contributed by atoms with van der Waals surface area (Å²) in [5.74, 6) is 0. The van der Waals surface area contributed by atoms with E-state index in [0.29, 0.717) is 18.0 Å². The molecular formula is C14H22N2O3S2. The van der Waals surface area contributed by atoms with E-state index in [9.17, 15) is 8.42 Å². The van der Waals surface area contributed by atoms with E-state index < -0.39 is 10.0 Å². The number of sulfonamides is 1. The molecule has 0 unspecified atom stereocenters. The van der Waals surface area contributed by atoms with Crippen molar-refractivity contribution in [2.45, 2.75) is 25.2 Å². The first-order valence-electron chi connectivity index (χ1n) is 6.63. The molecule has 7 heteroatoms. The van der Waals surface area contributed by atoms with Gasteiger partial charge in [0, 0.05) is 26.6 Å². The van der Waals surface area contributed by atoms with Crippen molar-refractivity contribution in [3.05, 3.63) is 29.3 Å². The van der Waals surface area contributed by atoms with Gasteiger partial charge >= 0.3 is 0 Å². The highest BCUT2D eigenvalue weighted by Crippen LogP contribution is 2.19. The molecule has 1 aromatic rings. The Hall–Kier alpha value is -1.02. The van der Waals surface area contributed by atoms with Crippen molar-refractivity contribution in [2.75, 3.05) is 26.8 Å². The van der Waals surface area contributed by atoms with Crippen LogP contribution in [0.25, 0.3) is 0 Å². The van der Waals surface area contributed by atoms with E-state index in [-0.39, 0.29) is 18.0 Å². The fraction of sp³-hybridized carbons (Fsp3) is 0.500. The van der Waals surface area contributed by atoms with Gasteiger partial charge in [0.15, 0.2) is 0 Å².